The highest BCUT2D eigenvalue weighted by molar-refractivity contribution is 4.87. The van der Waals surface area contributed by atoms with E-state index in [0.29, 0.717) is 6.61 Å². The molecule has 5 nitrogen and oxygen atoms in total. The molecule has 0 spiro atoms. The lowest BCUT2D eigenvalue weighted by molar-refractivity contribution is -0.0813. The Morgan fingerprint density at radius 1 is 1.04 bits per heavy atom. The summed E-state index contributed by atoms with van der Waals surface area (Å²) in [5.74, 6) is 0. The minimum absolute atomic E-state index is 0.0633. The molecule has 5 heteroatoms. The average Bonchev–Trinajstić information content (AvgIpc) is 2.91. The van der Waals surface area contributed by atoms with E-state index in [1.165, 1.54) is 38.5 Å². The van der Waals surface area contributed by atoms with E-state index in [2.05, 4.69) is 19.1 Å². The number of allylic oxidation sites excluding steroid dienone is 2. The lowest BCUT2D eigenvalue weighted by atomic mass is 10.1. The first-order valence-corrected chi connectivity index (χ1v) is 9.55. The monoisotopic (exact) mass is 344 g/mol. The average molecular weight is 344 g/mol. The smallest absolute Gasteiger partial charge is 0.114 e. The molecule has 0 aromatic rings. The number of rotatable bonds is 14. The zero-order valence-corrected chi connectivity index (χ0v) is 15.1. The Labute approximate surface area is 146 Å². The maximum Gasteiger partial charge on any atom is 0.114 e. The van der Waals surface area contributed by atoms with Gasteiger partial charge in [-0.3, -0.25) is 0 Å². The van der Waals surface area contributed by atoms with Crippen LogP contribution in [0.5, 0.6) is 0 Å². The number of aliphatic hydroxyl groups is 3. The number of hydrogen-bond donors (Lipinski definition) is 3. The van der Waals surface area contributed by atoms with Crippen molar-refractivity contribution >= 4 is 0 Å². The second-order valence-electron chi connectivity index (χ2n) is 6.67. The van der Waals surface area contributed by atoms with Crippen LogP contribution in [-0.4, -0.2) is 59.6 Å². The summed E-state index contributed by atoms with van der Waals surface area (Å²) in [6, 6.07) is 0. The van der Waals surface area contributed by atoms with Crippen molar-refractivity contribution in [2.24, 2.45) is 0 Å². The Morgan fingerprint density at radius 3 is 2.33 bits per heavy atom. The highest BCUT2D eigenvalue weighted by atomic mass is 16.5. The van der Waals surface area contributed by atoms with Crippen LogP contribution in [0, 0.1) is 0 Å². The summed E-state index contributed by atoms with van der Waals surface area (Å²) in [5.41, 5.74) is 0. The summed E-state index contributed by atoms with van der Waals surface area (Å²) in [7, 11) is 0. The molecule has 24 heavy (non-hydrogen) atoms. The van der Waals surface area contributed by atoms with E-state index in [4.69, 9.17) is 9.47 Å². The Hall–Kier alpha value is -0.460. The van der Waals surface area contributed by atoms with E-state index in [1.807, 2.05) is 0 Å². The van der Waals surface area contributed by atoms with Crippen molar-refractivity contribution in [3.63, 3.8) is 0 Å². The van der Waals surface area contributed by atoms with Crippen molar-refractivity contribution in [2.75, 3.05) is 19.8 Å². The SMILES string of the molecule is CCCCCCC/C=C/CCCCOC[C@@H](O)[C@H]1OC[C@H](O)[C@H]1O. The quantitative estimate of drug-likeness (QED) is 0.333. The molecule has 0 aromatic heterocycles. The number of aliphatic hydroxyl groups excluding tert-OH is 3. The first-order valence-electron chi connectivity index (χ1n) is 9.55. The van der Waals surface area contributed by atoms with Crippen LogP contribution in [0.15, 0.2) is 12.2 Å². The van der Waals surface area contributed by atoms with Gasteiger partial charge in [0.2, 0.25) is 0 Å². The van der Waals surface area contributed by atoms with Crippen molar-refractivity contribution in [1.29, 1.82) is 0 Å². The van der Waals surface area contributed by atoms with E-state index >= 15 is 0 Å². The molecule has 0 aliphatic carbocycles. The molecular weight excluding hydrogens is 308 g/mol. The van der Waals surface area contributed by atoms with E-state index in [-0.39, 0.29) is 13.2 Å². The molecule has 1 fully saturated rings. The van der Waals surface area contributed by atoms with Crippen molar-refractivity contribution in [2.45, 2.75) is 89.1 Å². The Morgan fingerprint density at radius 2 is 1.71 bits per heavy atom. The Bertz CT molecular complexity index is 321. The zero-order chi connectivity index (χ0) is 17.6. The van der Waals surface area contributed by atoms with Gasteiger partial charge in [-0.25, -0.2) is 0 Å². The predicted octanol–water partition coefficient (Wildman–Crippen LogP) is 2.57. The third kappa shape index (κ3) is 9.14. The second-order valence-corrected chi connectivity index (χ2v) is 6.67. The molecule has 1 heterocycles. The molecular formula is C19H36O5. The molecule has 1 rings (SSSR count). The van der Waals surface area contributed by atoms with Crippen LogP contribution >= 0.6 is 0 Å². The summed E-state index contributed by atoms with van der Waals surface area (Å²) in [6.07, 6.45) is 11.8. The highest BCUT2D eigenvalue weighted by Crippen LogP contribution is 2.17. The lowest BCUT2D eigenvalue weighted by Crippen LogP contribution is -2.40. The van der Waals surface area contributed by atoms with E-state index < -0.39 is 24.4 Å². The minimum Gasteiger partial charge on any atom is -0.388 e. The number of hydrogen-bond acceptors (Lipinski definition) is 5. The minimum atomic E-state index is -1.03. The topological polar surface area (TPSA) is 79.2 Å². The van der Waals surface area contributed by atoms with Crippen LogP contribution in [-0.2, 0) is 9.47 Å². The zero-order valence-electron chi connectivity index (χ0n) is 15.1. The van der Waals surface area contributed by atoms with E-state index in [1.54, 1.807) is 0 Å². The van der Waals surface area contributed by atoms with Crippen LogP contribution < -0.4 is 0 Å². The second kappa shape index (κ2) is 13.8. The number of unbranched alkanes of at least 4 members (excludes halogenated alkanes) is 7. The van der Waals surface area contributed by atoms with Crippen LogP contribution in [0.4, 0.5) is 0 Å². The van der Waals surface area contributed by atoms with Crippen LogP contribution in [0.25, 0.3) is 0 Å². The maximum atomic E-state index is 9.88. The van der Waals surface area contributed by atoms with Gasteiger partial charge in [-0.1, -0.05) is 44.8 Å². The molecule has 3 N–H and O–H groups in total. The van der Waals surface area contributed by atoms with Gasteiger partial charge in [0.15, 0.2) is 0 Å². The fourth-order valence-corrected chi connectivity index (χ4v) is 2.83. The van der Waals surface area contributed by atoms with Gasteiger partial charge >= 0.3 is 0 Å². The van der Waals surface area contributed by atoms with Gasteiger partial charge in [0, 0.05) is 6.61 Å². The van der Waals surface area contributed by atoms with Gasteiger partial charge in [0.25, 0.3) is 0 Å². The van der Waals surface area contributed by atoms with Gasteiger partial charge in [-0.05, 0) is 32.1 Å². The third-order valence-electron chi connectivity index (χ3n) is 4.41. The highest BCUT2D eigenvalue weighted by Gasteiger charge is 2.39. The van der Waals surface area contributed by atoms with Crippen LogP contribution in [0.1, 0.15) is 64.7 Å². The number of ether oxygens (including phenoxy) is 2. The van der Waals surface area contributed by atoms with Crippen LogP contribution in [0.3, 0.4) is 0 Å². The molecule has 1 aliphatic heterocycles. The molecule has 0 radical (unpaired) electrons. The summed E-state index contributed by atoms with van der Waals surface area (Å²) in [6.45, 7) is 3.02. The summed E-state index contributed by atoms with van der Waals surface area (Å²) in [4.78, 5) is 0. The molecule has 0 bridgehead atoms. The van der Waals surface area contributed by atoms with Crippen molar-refractivity contribution in [3.05, 3.63) is 12.2 Å². The summed E-state index contributed by atoms with van der Waals surface area (Å²) < 4.78 is 10.6. The fourth-order valence-electron chi connectivity index (χ4n) is 2.83. The van der Waals surface area contributed by atoms with Crippen molar-refractivity contribution < 1.29 is 24.8 Å². The molecule has 142 valence electrons. The van der Waals surface area contributed by atoms with Gasteiger partial charge in [-0.15, -0.1) is 0 Å². The molecule has 0 saturated carbocycles. The van der Waals surface area contributed by atoms with E-state index in [0.717, 1.165) is 19.3 Å². The maximum absolute atomic E-state index is 9.88. The van der Waals surface area contributed by atoms with Gasteiger partial charge in [0.05, 0.1) is 13.2 Å². The third-order valence-corrected chi connectivity index (χ3v) is 4.41. The van der Waals surface area contributed by atoms with Gasteiger partial charge < -0.3 is 24.8 Å². The van der Waals surface area contributed by atoms with E-state index in [9.17, 15) is 15.3 Å². The van der Waals surface area contributed by atoms with Gasteiger partial charge in [-0.2, -0.15) is 0 Å². The fraction of sp³-hybridized carbons (Fsp3) is 0.895. The molecule has 1 aliphatic rings. The van der Waals surface area contributed by atoms with Crippen molar-refractivity contribution in [3.8, 4) is 0 Å². The largest absolute Gasteiger partial charge is 0.388 e. The lowest BCUT2D eigenvalue weighted by Gasteiger charge is -2.20. The molecule has 0 unspecified atom stereocenters. The molecule has 1 saturated heterocycles. The predicted molar refractivity (Wildman–Crippen MR) is 94.9 cm³/mol. The molecule has 0 aromatic carbocycles. The first-order chi connectivity index (χ1) is 11.7. The summed E-state index contributed by atoms with van der Waals surface area (Å²) in [5, 5.41) is 28.9. The Kier molecular flexibility index (Phi) is 12.4. The first kappa shape index (κ1) is 21.6. The molecule has 0 amide bonds. The molecule has 4 atom stereocenters. The van der Waals surface area contributed by atoms with Crippen LogP contribution in [0.2, 0.25) is 0 Å². The Balaban J connectivity index is 1.88. The van der Waals surface area contributed by atoms with Gasteiger partial charge in [0.1, 0.15) is 24.4 Å². The summed E-state index contributed by atoms with van der Waals surface area (Å²) >= 11 is 0. The normalized spacial score (nSPS) is 25.6. The standard InChI is InChI=1S/C19H36O5/c1-2-3-4-5-6-7-8-9-10-11-12-13-23-14-17(21)19-18(22)16(20)15-24-19/h8-9,16-22H,2-7,10-15H2,1H3/b9-8+/t16-,17+,18+,19+/m0/s1. The van der Waals surface area contributed by atoms with Crippen molar-refractivity contribution in [1.82, 2.24) is 0 Å².